The summed E-state index contributed by atoms with van der Waals surface area (Å²) in [6, 6.07) is 3.56. The van der Waals surface area contributed by atoms with Crippen molar-refractivity contribution in [2.45, 2.75) is 24.2 Å². The molecule has 0 unspecified atom stereocenters. The molecule has 0 heterocycles. The summed E-state index contributed by atoms with van der Waals surface area (Å²) in [7, 11) is 0. The Morgan fingerprint density at radius 3 is 1.71 bits per heavy atom. The third kappa shape index (κ3) is 5.06. The van der Waals surface area contributed by atoms with Gasteiger partial charge in [0.05, 0.1) is 0 Å². The summed E-state index contributed by atoms with van der Waals surface area (Å²) in [6.45, 7) is -3.65. The van der Waals surface area contributed by atoms with Crippen LogP contribution in [0.5, 0.6) is 5.75 Å². The lowest BCUT2D eigenvalue weighted by molar-refractivity contribution is -0.358. The molecule has 12 heteroatoms. The Labute approximate surface area is 128 Å². The molecule has 0 amide bonds. The molecule has 0 aliphatic carbocycles. The molecule has 1 rings (SSSR count). The van der Waals surface area contributed by atoms with E-state index in [-0.39, 0.29) is 5.69 Å². The van der Waals surface area contributed by atoms with Crippen LogP contribution in [0.2, 0.25) is 0 Å². The maximum atomic E-state index is 13.0. The van der Waals surface area contributed by atoms with E-state index in [1.165, 1.54) is 0 Å². The first-order chi connectivity index (χ1) is 10.7. The fourth-order valence-corrected chi connectivity index (χ4v) is 1.34. The van der Waals surface area contributed by atoms with E-state index in [1.54, 1.807) is 0 Å². The highest BCUT2D eigenvalue weighted by molar-refractivity contribution is 5.46. The molecule has 0 aliphatic rings. The number of rotatable bonds is 6. The Morgan fingerprint density at radius 2 is 1.29 bits per heavy atom. The Balaban J connectivity index is 2.68. The Morgan fingerprint density at radius 1 is 0.792 bits per heavy atom. The van der Waals surface area contributed by atoms with Crippen LogP contribution in [-0.4, -0.2) is 37.3 Å². The number of nitrogens with one attached hydrogen (secondary N) is 1. The van der Waals surface area contributed by atoms with Gasteiger partial charge >= 0.3 is 24.2 Å². The fourth-order valence-electron chi connectivity index (χ4n) is 1.34. The van der Waals surface area contributed by atoms with Crippen molar-refractivity contribution in [3.05, 3.63) is 24.3 Å². The summed E-state index contributed by atoms with van der Waals surface area (Å²) < 4.78 is 127. The third-order valence-electron chi connectivity index (χ3n) is 2.58. The molecule has 0 radical (unpaired) electrons. The number of halogens is 10. The van der Waals surface area contributed by atoms with Crippen LogP contribution >= 0.6 is 0 Å². The van der Waals surface area contributed by atoms with Gasteiger partial charge in [0.2, 0.25) is 0 Å². The van der Waals surface area contributed by atoms with Crippen LogP contribution in [0.1, 0.15) is 0 Å². The molecular formula is C12H9F10NO. The number of alkyl halides is 10. The van der Waals surface area contributed by atoms with Gasteiger partial charge in [0.15, 0.2) is 6.61 Å². The lowest BCUT2D eigenvalue weighted by atomic mass is 10.2. The second-order valence-electron chi connectivity index (χ2n) is 4.56. The SMILES string of the molecule is FC(F)(F)CNc1ccc(OCC(F)(F)C(F)(F)C(F)(F)F)cc1. The molecule has 138 valence electrons. The molecule has 0 saturated carbocycles. The van der Waals surface area contributed by atoms with Crippen molar-refractivity contribution in [1.82, 2.24) is 0 Å². The minimum atomic E-state index is -6.47. The topological polar surface area (TPSA) is 21.3 Å². The van der Waals surface area contributed by atoms with Crippen LogP contribution in [0.15, 0.2) is 24.3 Å². The third-order valence-corrected chi connectivity index (χ3v) is 2.58. The van der Waals surface area contributed by atoms with E-state index >= 15 is 0 Å². The van der Waals surface area contributed by atoms with Crippen LogP contribution in [0.4, 0.5) is 49.6 Å². The van der Waals surface area contributed by atoms with Gasteiger partial charge in [0, 0.05) is 5.69 Å². The van der Waals surface area contributed by atoms with Gasteiger partial charge in [-0.05, 0) is 24.3 Å². The van der Waals surface area contributed by atoms with Crippen LogP contribution < -0.4 is 10.1 Å². The highest BCUT2D eigenvalue weighted by Gasteiger charge is 2.73. The average molecular weight is 373 g/mol. The zero-order valence-corrected chi connectivity index (χ0v) is 11.4. The quantitative estimate of drug-likeness (QED) is 0.719. The normalized spacial score (nSPS) is 13.8. The predicted octanol–water partition coefficient (Wildman–Crippen LogP) is 4.87. The van der Waals surface area contributed by atoms with E-state index in [9.17, 15) is 43.9 Å². The first kappa shape index (κ1) is 20.2. The van der Waals surface area contributed by atoms with Gasteiger partial charge in [-0.3, -0.25) is 0 Å². The predicted molar refractivity (Wildman–Crippen MR) is 62.4 cm³/mol. The summed E-state index contributed by atoms with van der Waals surface area (Å²) in [4.78, 5) is 0. The Bertz CT molecular complexity index is 534. The summed E-state index contributed by atoms with van der Waals surface area (Å²) in [5.74, 6) is -12.3. The monoisotopic (exact) mass is 373 g/mol. The molecule has 0 spiro atoms. The number of hydrogen-bond acceptors (Lipinski definition) is 2. The molecule has 0 bridgehead atoms. The van der Waals surface area contributed by atoms with E-state index in [4.69, 9.17) is 0 Å². The minimum Gasteiger partial charge on any atom is -0.487 e. The second-order valence-corrected chi connectivity index (χ2v) is 4.56. The van der Waals surface area contributed by atoms with Crippen LogP contribution in [0.3, 0.4) is 0 Å². The molecule has 0 aromatic heterocycles. The van der Waals surface area contributed by atoms with Crippen LogP contribution in [-0.2, 0) is 0 Å². The standard InChI is InChI=1S/C12H9F10NO/c13-9(14,11(18,19)12(20,21)22)6-24-8-3-1-7(2-4-8)23-5-10(15,16)17/h1-4,23H,5-6H2. The van der Waals surface area contributed by atoms with Crippen molar-refractivity contribution in [3.8, 4) is 5.75 Å². The molecule has 1 aromatic rings. The molecule has 24 heavy (non-hydrogen) atoms. The van der Waals surface area contributed by atoms with E-state index in [0.29, 0.717) is 0 Å². The van der Waals surface area contributed by atoms with Gasteiger partial charge in [-0.2, -0.15) is 43.9 Å². The van der Waals surface area contributed by atoms with Crippen molar-refractivity contribution < 1.29 is 48.6 Å². The van der Waals surface area contributed by atoms with Gasteiger partial charge in [-0.25, -0.2) is 0 Å². The Hall–Kier alpha value is -1.88. The highest BCUT2D eigenvalue weighted by atomic mass is 19.4. The lowest BCUT2D eigenvalue weighted by Crippen LogP contribution is -2.54. The maximum absolute atomic E-state index is 13.0. The smallest absolute Gasteiger partial charge is 0.460 e. The molecule has 0 aliphatic heterocycles. The molecule has 0 saturated heterocycles. The largest absolute Gasteiger partial charge is 0.487 e. The van der Waals surface area contributed by atoms with Crippen molar-refractivity contribution in [2.75, 3.05) is 18.5 Å². The van der Waals surface area contributed by atoms with Gasteiger partial charge in [0.1, 0.15) is 12.3 Å². The lowest BCUT2D eigenvalue weighted by Gasteiger charge is -2.27. The number of benzene rings is 1. The van der Waals surface area contributed by atoms with Crippen molar-refractivity contribution in [1.29, 1.82) is 0 Å². The van der Waals surface area contributed by atoms with Gasteiger partial charge in [-0.15, -0.1) is 0 Å². The van der Waals surface area contributed by atoms with E-state index in [0.717, 1.165) is 24.3 Å². The van der Waals surface area contributed by atoms with Gasteiger partial charge in [0.25, 0.3) is 0 Å². The highest BCUT2D eigenvalue weighted by Crippen LogP contribution is 2.46. The van der Waals surface area contributed by atoms with Crippen molar-refractivity contribution in [2.24, 2.45) is 0 Å². The molecular weight excluding hydrogens is 364 g/mol. The van der Waals surface area contributed by atoms with Crippen molar-refractivity contribution >= 4 is 5.69 Å². The molecule has 0 atom stereocenters. The Kier molecular flexibility index (Phi) is 5.51. The number of anilines is 1. The molecule has 2 nitrogen and oxygen atoms in total. The minimum absolute atomic E-state index is 0.0907. The number of ether oxygens (including phenoxy) is 1. The van der Waals surface area contributed by atoms with E-state index < -0.39 is 43.1 Å². The van der Waals surface area contributed by atoms with Crippen molar-refractivity contribution in [3.63, 3.8) is 0 Å². The maximum Gasteiger partial charge on any atom is 0.460 e. The van der Waals surface area contributed by atoms with Crippen LogP contribution in [0, 0.1) is 0 Å². The average Bonchev–Trinajstić information content (AvgIpc) is 2.42. The first-order valence-electron chi connectivity index (χ1n) is 6.01. The van der Waals surface area contributed by atoms with E-state index in [2.05, 4.69) is 4.74 Å². The summed E-state index contributed by atoms with van der Waals surface area (Å²) in [5.41, 5.74) is -0.0907. The summed E-state index contributed by atoms with van der Waals surface area (Å²) >= 11 is 0. The molecule has 0 fully saturated rings. The number of hydrogen-bond donors (Lipinski definition) is 1. The van der Waals surface area contributed by atoms with E-state index in [1.807, 2.05) is 5.32 Å². The molecule has 1 N–H and O–H groups in total. The first-order valence-corrected chi connectivity index (χ1v) is 6.01. The second kappa shape index (κ2) is 6.55. The summed E-state index contributed by atoms with van der Waals surface area (Å²) in [5, 5.41) is 1.93. The van der Waals surface area contributed by atoms with Crippen LogP contribution in [0.25, 0.3) is 0 Å². The fraction of sp³-hybridized carbons (Fsp3) is 0.500. The van der Waals surface area contributed by atoms with Gasteiger partial charge < -0.3 is 10.1 Å². The zero-order valence-electron chi connectivity index (χ0n) is 11.4. The van der Waals surface area contributed by atoms with Gasteiger partial charge in [-0.1, -0.05) is 0 Å². The zero-order chi connectivity index (χ0) is 18.8. The molecule has 1 aromatic carbocycles. The summed E-state index contributed by atoms with van der Waals surface area (Å²) in [6.07, 6.45) is -11.0.